The van der Waals surface area contributed by atoms with Crippen LogP contribution < -0.4 is 5.32 Å². The van der Waals surface area contributed by atoms with Crippen LogP contribution in [0, 0.1) is 0 Å². The highest BCUT2D eigenvalue weighted by molar-refractivity contribution is 5.79. The summed E-state index contributed by atoms with van der Waals surface area (Å²) in [5.41, 5.74) is 3.02. The largest absolute Gasteiger partial charge is 0.370 e. The van der Waals surface area contributed by atoms with Crippen molar-refractivity contribution in [3.8, 4) is 11.4 Å². The van der Waals surface area contributed by atoms with Gasteiger partial charge in [0.15, 0.2) is 0 Å². The van der Waals surface area contributed by atoms with Crippen LogP contribution >= 0.6 is 0 Å². The molecule has 0 bridgehead atoms. The van der Waals surface area contributed by atoms with Crippen molar-refractivity contribution in [3.05, 3.63) is 42.6 Å². The highest BCUT2D eigenvalue weighted by Crippen LogP contribution is 2.20. The van der Waals surface area contributed by atoms with E-state index in [1.54, 1.807) is 0 Å². The maximum Gasteiger partial charge on any atom is 0.140 e. The van der Waals surface area contributed by atoms with Crippen LogP contribution in [0.3, 0.4) is 0 Å². The van der Waals surface area contributed by atoms with E-state index in [0.29, 0.717) is 0 Å². The number of benzene rings is 1. The third kappa shape index (κ3) is 3.43. The molecule has 5 heteroatoms. The monoisotopic (exact) mass is 295 g/mol. The number of pyridine rings is 1. The van der Waals surface area contributed by atoms with Crippen LogP contribution in [0.15, 0.2) is 42.6 Å². The molecule has 2 heterocycles. The summed E-state index contributed by atoms with van der Waals surface area (Å²) in [4.78, 5) is 14.5. The summed E-state index contributed by atoms with van der Waals surface area (Å²) >= 11 is 0. The Morgan fingerprint density at radius 1 is 1.14 bits per heavy atom. The highest BCUT2D eigenvalue weighted by atomic mass is 15.1. The smallest absolute Gasteiger partial charge is 0.140 e. The van der Waals surface area contributed by atoms with Crippen LogP contribution in [0.1, 0.15) is 6.42 Å². The van der Waals surface area contributed by atoms with Gasteiger partial charge in [-0.15, -0.1) is 0 Å². The summed E-state index contributed by atoms with van der Waals surface area (Å²) in [6.07, 6.45) is 2.95. The molecule has 0 amide bonds. The molecule has 2 aromatic heterocycles. The number of aromatic amines is 1. The molecule has 0 aliphatic heterocycles. The van der Waals surface area contributed by atoms with E-state index in [2.05, 4.69) is 39.3 Å². The molecule has 0 atom stereocenters. The Morgan fingerprint density at radius 2 is 2.00 bits per heavy atom. The summed E-state index contributed by atoms with van der Waals surface area (Å²) in [6.45, 7) is 2.00. The van der Waals surface area contributed by atoms with E-state index in [1.165, 1.54) is 0 Å². The second kappa shape index (κ2) is 6.58. The third-order valence-corrected chi connectivity index (χ3v) is 3.51. The van der Waals surface area contributed by atoms with Crippen LogP contribution in [0.4, 0.5) is 5.82 Å². The fourth-order valence-electron chi connectivity index (χ4n) is 2.34. The number of hydrogen-bond donors (Lipinski definition) is 2. The van der Waals surface area contributed by atoms with E-state index in [0.717, 1.165) is 47.7 Å². The Labute approximate surface area is 130 Å². The first-order valence-corrected chi connectivity index (χ1v) is 7.52. The first-order valence-electron chi connectivity index (χ1n) is 7.52. The van der Waals surface area contributed by atoms with Gasteiger partial charge in [0.2, 0.25) is 0 Å². The SMILES string of the molecule is CN(C)CCCNc1ccc(-c2nc3ccccc3[nH]2)cn1. The minimum absolute atomic E-state index is 0.854. The number of fused-ring (bicyclic) bond motifs is 1. The zero-order valence-corrected chi connectivity index (χ0v) is 13.0. The summed E-state index contributed by atoms with van der Waals surface area (Å²) in [5.74, 6) is 1.76. The number of hydrogen-bond acceptors (Lipinski definition) is 4. The number of para-hydroxylation sites is 2. The molecule has 3 aromatic rings. The van der Waals surface area contributed by atoms with Gasteiger partial charge in [0, 0.05) is 18.3 Å². The van der Waals surface area contributed by atoms with Crippen molar-refractivity contribution in [2.24, 2.45) is 0 Å². The van der Waals surface area contributed by atoms with Gasteiger partial charge in [-0.05, 0) is 51.3 Å². The fourth-order valence-corrected chi connectivity index (χ4v) is 2.34. The number of aromatic nitrogens is 3. The first-order chi connectivity index (χ1) is 10.7. The van der Waals surface area contributed by atoms with Gasteiger partial charge in [0.25, 0.3) is 0 Å². The standard InChI is InChI=1S/C17H21N5/c1-22(2)11-5-10-18-16-9-8-13(12-19-16)17-20-14-6-3-4-7-15(14)21-17/h3-4,6-9,12H,5,10-11H2,1-2H3,(H,18,19)(H,20,21). The van der Waals surface area contributed by atoms with Crippen LogP contribution in [-0.4, -0.2) is 47.0 Å². The Morgan fingerprint density at radius 3 is 2.73 bits per heavy atom. The molecule has 3 rings (SSSR count). The highest BCUT2D eigenvalue weighted by Gasteiger charge is 2.05. The lowest BCUT2D eigenvalue weighted by Gasteiger charge is -2.10. The van der Waals surface area contributed by atoms with Crippen molar-refractivity contribution < 1.29 is 0 Å². The second-order valence-electron chi connectivity index (χ2n) is 5.62. The van der Waals surface area contributed by atoms with Gasteiger partial charge in [-0.3, -0.25) is 0 Å². The predicted octanol–water partition coefficient (Wildman–Crippen LogP) is 2.99. The van der Waals surface area contributed by atoms with E-state index in [9.17, 15) is 0 Å². The van der Waals surface area contributed by atoms with Crippen molar-refractivity contribution in [1.82, 2.24) is 19.9 Å². The van der Waals surface area contributed by atoms with Gasteiger partial charge in [0.05, 0.1) is 11.0 Å². The van der Waals surface area contributed by atoms with E-state index >= 15 is 0 Å². The minimum Gasteiger partial charge on any atom is -0.370 e. The quantitative estimate of drug-likeness (QED) is 0.686. The molecule has 0 saturated heterocycles. The molecule has 0 unspecified atom stereocenters. The van der Waals surface area contributed by atoms with E-state index in [1.807, 2.05) is 42.6 Å². The van der Waals surface area contributed by atoms with Crippen molar-refractivity contribution in [1.29, 1.82) is 0 Å². The lowest BCUT2D eigenvalue weighted by atomic mass is 10.2. The molecule has 0 spiro atoms. The molecule has 0 radical (unpaired) electrons. The summed E-state index contributed by atoms with van der Waals surface area (Å²) in [6, 6.07) is 12.1. The van der Waals surface area contributed by atoms with Crippen molar-refractivity contribution in [2.45, 2.75) is 6.42 Å². The van der Waals surface area contributed by atoms with Gasteiger partial charge in [-0.2, -0.15) is 0 Å². The lowest BCUT2D eigenvalue weighted by molar-refractivity contribution is 0.405. The zero-order valence-electron chi connectivity index (χ0n) is 13.0. The molecular weight excluding hydrogens is 274 g/mol. The molecule has 114 valence electrons. The van der Waals surface area contributed by atoms with Gasteiger partial charge < -0.3 is 15.2 Å². The summed E-state index contributed by atoms with van der Waals surface area (Å²) < 4.78 is 0. The normalized spacial score (nSPS) is 11.2. The lowest BCUT2D eigenvalue weighted by Crippen LogP contribution is -2.16. The zero-order chi connectivity index (χ0) is 15.4. The van der Waals surface area contributed by atoms with Crippen molar-refractivity contribution >= 4 is 16.9 Å². The van der Waals surface area contributed by atoms with Crippen molar-refractivity contribution in [3.63, 3.8) is 0 Å². The number of rotatable bonds is 6. The fraction of sp³-hybridized carbons (Fsp3) is 0.294. The topological polar surface area (TPSA) is 56.8 Å². The summed E-state index contributed by atoms with van der Waals surface area (Å²) in [7, 11) is 4.17. The molecule has 0 saturated carbocycles. The maximum absolute atomic E-state index is 4.59. The van der Waals surface area contributed by atoms with Crippen LogP contribution in [0.25, 0.3) is 22.4 Å². The second-order valence-corrected chi connectivity index (χ2v) is 5.62. The Balaban J connectivity index is 1.66. The van der Waals surface area contributed by atoms with Crippen LogP contribution in [-0.2, 0) is 0 Å². The third-order valence-electron chi connectivity index (χ3n) is 3.51. The van der Waals surface area contributed by atoms with Crippen molar-refractivity contribution in [2.75, 3.05) is 32.5 Å². The molecule has 1 aromatic carbocycles. The average molecular weight is 295 g/mol. The molecule has 5 nitrogen and oxygen atoms in total. The molecule has 0 aliphatic carbocycles. The molecule has 0 fully saturated rings. The Kier molecular flexibility index (Phi) is 4.34. The van der Waals surface area contributed by atoms with E-state index in [-0.39, 0.29) is 0 Å². The Hall–Kier alpha value is -2.40. The van der Waals surface area contributed by atoms with Gasteiger partial charge >= 0.3 is 0 Å². The molecule has 2 N–H and O–H groups in total. The van der Waals surface area contributed by atoms with Gasteiger partial charge in [-0.1, -0.05) is 12.1 Å². The summed E-state index contributed by atoms with van der Waals surface area (Å²) in [5, 5.41) is 3.34. The van der Waals surface area contributed by atoms with Crippen LogP contribution in [0.2, 0.25) is 0 Å². The predicted molar refractivity (Wildman–Crippen MR) is 91.0 cm³/mol. The molecule has 0 aliphatic rings. The molecule has 22 heavy (non-hydrogen) atoms. The van der Waals surface area contributed by atoms with E-state index < -0.39 is 0 Å². The van der Waals surface area contributed by atoms with Gasteiger partial charge in [-0.25, -0.2) is 9.97 Å². The number of nitrogens with zero attached hydrogens (tertiary/aromatic N) is 3. The number of nitrogens with one attached hydrogen (secondary N) is 2. The number of imidazole rings is 1. The van der Waals surface area contributed by atoms with Crippen LogP contribution in [0.5, 0.6) is 0 Å². The van der Waals surface area contributed by atoms with Gasteiger partial charge in [0.1, 0.15) is 11.6 Å². The average Bonchev–Trinajstić information content (AvgIpc) is 2.96. The maximum atomic E-state index is 4.59. The number of H-pyrrole nitrogens is 1. The minimum atomic E-state index is 0.854. The van der Waals surface area contributed by atoms with E-state index in [4.69, 9.17) is 0 Å². The Bertz CT molecular complexity index is 697. The first kappa shape index (κ1) is 14.5. The molecular formula is C17H21N5. The number of anilines is 1.